The highest BCUT2D eigenvalue weighted by Crippen LogP contribution is 2.24. The first-order valence-electron chi connectivity index (χ1n) is 6.45. The van der Waals surface area contributed by atoms with Crippen molar-refractivity contribution in [3.8, 4) is 0 Å². The van der Waals surface area contributed by atoms with Gasteiger partial charge in [0.15, 0.2) is 9.84 Å². The molecule has 1 atom stereocenters. The van der Waals surface area contributed by atoms with E-state index in [4.69, 9.17) is 0 Å². The zero-order valence-electron chi connectivity index (χ0n) is 11.5. The first-order valence-corrected chi connectivity index (χ1v) is 8.27. The highest BCUT2D eigenvalue weighted by Gasteiger charge is 2.39. The number of nitro benzene ring substituents is 1. The number of nitrogens with one attached hydrogen (secondary N) is 1. The topological polar surface area (TPSA) is 106 Å². The monoisotopic (exact) mass is 312 g/mol. The van der Waals surface area contributed by atoms with Gasteiger partial charge in [-0.05, 0) is 13.3 Å². The molecule has 1 aromatic carbocycles. The molecule has 2 rings (SSSR count). The van der Waals surface area contributed by atoms with Gasteiger partial charge in [-0.15, -0.1) is 0 Å². The molecule has 114 valence electrons. The summed E-state index contributed by atoms with van der Waals surface area (Å²) in [4.78, 5) is 22.4. The molecule has 8 heteroatoms. The van der Waals surface area contributed by atoms with Crippen LogP contribution in [0.1, 0.15) is 18.9 Å². The number of sulfone groups is 1. The molecule has 0 saturated carbocycles. The summed E-state index contributed by atoms with van der Waals surface area (Å²) in [7, 11) is -3.12. The Kier molecular flexibility index (Phi) is 3.99. The maximum absolute atomic E-state index is 12.0. The van der Waals surface area contributed by atoms with E-state index in [9.17, 15) is 23.3 Å². The van der Waals surface area contributed by atoms with Crippen LogP contribution in [0.4, 0.5) is 5.69 Å². The Morgan fingerprint density at radius 2 is 2.10 bits per heavy atom. The van der Waals surface area contributed by atoms with Crippen LogP contribution in [0.3, 0.4) is 0 Å². The predicted molar refractivity (Wildman–Crippen MR) is 76.6 cm³/mol. The lowest BCUT2D eigenvalue weighted by atomic mass is 10.0. The normalized spacial score (nSPS) is 23.7. The zero-order chi connectivity index (χ0) is 15.7. The van der Waals surface area contributed by atoms with E-state index in [0.29, 0.717) is 12.0 Å². The first-order chi connectivity index (χ1) is 9.71. The summed E-state index contributed by atoms with van der Waals surface area (Å²) in [5, 5.41) is 13.6. The van der Waals surface area contributed by atoms with E-state index in [2.05, 4.69) is 5.32 Å². The second kappa shape index (κ2) is 5.44. The molecule has 0 radical (unpaired) electrons. The molecule has 0 bridgehead atoms. The summed E-state index contributed by atoms with van der Waals surface area (Å²) in [6.45, 7) is 1.68. The van der Waals surface area contributed by atoms with Gasteiger partial charge in [-0.2, -0.15) is 0 Å². The second-order valence-corrected chi connectivity index (χ2v) is 7.70. The van der Waals surface area contributed by atoms with E-state index in [-0.39, 0.29) is 23.6 Å². The van der Waals surface area contributed by atoms with E-state index < -0.39 is 26.2 Å². The van der Waals surface area contributed by atoms with Gasteiger partial charge >= 0.3 is 0 Å². The molecule has 7 nitrogen and oxygen atoms in total. The number of nitro groups is 1. The quantitative estimate of drug-likeness (QED) is 0.654. The van der Waals surface area contributed by atoms with Crippen molar-refractivity contribution in [3.63, 3.8) is 0 Å². The summed E-state index contributed by atoms with van der Waals surface area (Å²) in [6.07, 6.45) is 0.213. The van der Waals surface area contributed by atoms with Crippen molar-refractivity contribution in [1.82, 2.24) is 5.32 Å². The van der Waals surface area contributed by atoms with E-state index in [1.54, 1.807) is 13.0 Å². The number of carbonyl (C=O) groups excluding carboxylic acids is 1. The highest BCUT2D eigenvalue weighted by atomic mass is 32.2. The minimum absolute atomic E-state index is 0.0509. The number of rotatable bonds is 4. The molecule has 1 amide bonds. The maximum Gasteiger partial charge on any atom is 0.273 e. The third-order valence-corrected chi connectivity index (χ3v) is 5.39. The van der Waals surface area contributed by atoms with Crippen molar-refractivity contribution in [3.05, 3.63) is 39.9 Å². The third-order valence-electron chi connectivity index (χ3n) is 3.48. The molecule has 0 aliphatic carbocycles. The smallest absolute Gasteiger partial charge is 0.273 e. The molecule has 1 unspecified atom stereocenters. The zero-order valence-corrected chi connectivity index (χ0v) is 12.4. The molecule has 1 saturated heterocycles. The van der Waals surface area contributed by atoms with Crippen LogP contribution >= 0.6 is 0 Å². The van der Waals surface area contributed by atoms with E-state index in [1.807, 2.05) is 0 Å². The summed E-state index contributed by atoms with van der Waals surface area (Å²) in [5.41, 5.74) is -0.597. The van der Waals surface area contributed by atoms with Gasteiger partial charge in [-0.1, -0.05) is 18.2 Å². The minimum Gasteiger partial charge on any atom is -0.350 e. The lowest BCUT2D eigenvalue weighted by Gasteiger charge is -2.23. The van der Waals surface area contributed by atoms with Crippen molar-refractivity contribution in [1.29, 1.82) is 0 Å². The number of amides is 1. The van der Waals surface area contributed by atoms with Gasteiger partial charge in [0.05, 0.1) is 28.4 Å². The number of benzene rings is 1. The minimum atomic E-state index is -3.12. The van der Waals surface area contributed by atoms with Crippen molar-refractivity contribution in [2.24, 2.45) is 0 Å². The van der Waals surface area contributed by atoms with Crippen LogP contribution in [0, 0.1) is 10.1 Å². The Morgan fingerprint density at radius 3 is 2.67 bits per heavy atom. The van der Waals surface area contributed by atoms with Gasteiger partial charge in [-0.3, -0.25) is 14.9 Å². The third kappa shape index (κ3) is 3.78. The largest absolute Gasteiger partial charge is 0.350 e. The molecular weight excluding hydrogens is 296 g/mol. The Morgan fingerprint density at radius 1 is 1.43 bits per heavy atom. The van der Waals surface area contributed by atoms with Gasteiger partial charge in [0.1, 0.15) is 0 Å². The molecule has 0 aromatic heterocycles. The molecule has 1 aliphatic heterocycles. The van der Waals surface area contributed by atoms with Gasteiger partial charge in [0.2, 0.25) is 5.91 Å². The van der Waals surface area contributed by atoms with Gasteiger partial charge in [0, 0.05) is 11.6 Å². The lowest BCUT2D eigenvalue weighted by Crippen LogP contribution is -2.47. The summed E-state index contributed by atoms with van der Waals surface area (Å²) in [5.74, 6) is -0.457. The van der Waals surface area contributed by atoms with Crippen LogP contribution in [-0.2, 0) is 21.1 Å². The number of carbonyl (C=O) groups is 1. The fourth-order valence-corrected chi connectivity index (χ4v) is 4.59. The lowest BCUT2D eigenvalue weighted by molar-refractivity contribution is -0.385. The Hall–Kier alpha value is -1.96. The van der Waals surface area contributed by atoms with Crippen molar-refractivity contribution in [2.75, 3.05) is 11.5 Å². The Bertz CT molecular complexity index is 686. The average Bonchev–Trinajstić information content (AvgIpc) is 2.63. The van der Waals surface area contributed by atoms with Crippen LogP contribution in [-0.4, -0.2) is 36.3 Å². The summed E-state index contributed by atoms with van der Waals surface area (Å²) in [6, 6.07) is 6.01. The van der Waals surface area contributed by atoms with Crippen LogP contribution in [0.15, 0.2) is 24.3 Å². The molecule has 1 N–H and O–H groups in total. The number of hydrogen-bond acceptors (Lipinski definition) is 5. The van der Waals surface area contributed by atoms with E-state index >= 15 is 0 Å². The molecule has 1 aliphatic rings. The number of para-hydroxylation sites is 1. The van der Waals surface area contributed by atoms with E-state index in [0.717, 1.165) is 0 Å². The molecular formula is C13H16N2O5S. The van der Waals surface area contributed by atoms with Gasteiger partial charge in [-0.25, -0.2) is 8.42 Å². The Labute approximate surface area is 122 Å². The van der Waals surface area contributed by atoms with Crippen molar-refractivity contribution >= 4 is 21.4 Å². The number of hydrogen-bond donors (Lipinski definition) is 1. The summed E-state index contributed by atoms with van der Waals surface area (Å²) >= 11 is 0. The van der Waals surface area contributed by atoms with Crippen LogP contribution < -0.4 is 5.32 Å². The van der Waals surface area contributed by atoms with Crippen LogP contribution in [0.25, 0.3) is 0 Å². The average molecular weight is 312 g/mol. The van der Waals surface area contributed by atoms with E-state index in [1.165, 1.54) is 18.2 Å². The molecule has 1 aromatic rings. The molecule has 1 heterocycles. The van der Waals surface area contributed by atoms with Crippen LogP contribution in [0.2, 0.25) is 0 Å². The number of nitrogens with zero attached hydrogens (tertiary/aromatic N) is 1. The van der Waals surface area contributed by atoms with Gasteiger partial charge in [0.25, 0.3) is 5.69 Å². The summed E-state index contributed by atoms with van der Waals surface area (Å²) < 4.78 is 23.0. The Balaban J connectivity index is 2.08. The second-order valence-electron chi connectivity index (χ2n) is 5.51. The fourth-order valence-electron chi connectivity index (χ4n) is 2.50. The van der Waals surface area contributed by atoms with Crippen molar-refractivity contribution < 1.29 is 18.1 Å². The SMILES string of the molecule is CC1(NC(=O)Cc2ccccc2[N+](=O)[O-])CCS(=O)(=O)C1. The van der Waals surface area contributed by atoms with Gasteiger partial charge < -0.3 is 5.32 Å². The molecule has 1 fully saturated rings. The fraction of sp³-hybridized carbons (Fsp3) is 0.462. The predicted octanol–water partition coefficient (Wildman–Crippen LogP) is 0.831. The highest BCUT2D eigenvalue weighted by molar-refractivity contribution is 7.91. The standard InChI is InChI=1S/C13H16N2O5S/c1-13(6-7-21(19,20)9-13)14-12(16)8-10-4-2-3-5-11(10)15(17)18/h2-5H,6-9H2,1H3,(H,14,16). The molecule has 21 heavy (non-hydrogen) atoms. The maximum atomic E-state index is 12.0. The first kappa shape index (κ1) is 15.4. The molecule has 0 spiro atoms. The van der Waals surface area contributed by atoms with Crippen molar-refractivity contribution in [2.45, 2.75) is 25.3 Å². The van der Waals surface area contributed by atoms with Crippen LogP contribution in [0.5, 0.6) is 0 Å².